The van der Waals surface area contributed by atoms with Gasteiger partial charge in [0.2, 0.25) is 0 Å². The molecular formula is C15H24Cl2N2. The fourth-order valence-corrected chi connectivity index (χ4v) is 3.05. The molecule has 19 heavy (non-hydrogen) atoms. The van der Waals surface area contributed by atoms with Gasteiger partial charge in [0, 0.05) is 18.1 Å². The van der Waals surface area contributed by atoms with Gasteiger partial charge in [0.25, 0.3) is 0 Å². The second-order valence-corrected chi connectivity index (χ2v) is 5.81. The maximum Gasteiger partial charge on any atom is 0.0408 e. The van der Waals surface area contributed by atoms with Crippen molar-refractivity contribution in [1.29, 1.82) is 0 Å². The van der Waals surface area contributed by atoms with Crippen LogP contribution in [0.25, 0.3) is 0 Å². The van der Waals surface area contributed by atoms with Crippen molar-refractivity contribution < 1.29 is 0 Å². The molecule has 0 amide bonds. The van der Waals surface area contributed by atoms with E-state index in [1.54, 1.807) is 0 Å². The molecule has 0 bridgehead atoms. The molecule has 1 unspecified atom stereocenters. The van der Waals surface area contributed by atoms with Gasteiger partial charge in [-0.1, -0.05) is 17.7 Å². The molecule has 0 spiro atoms. The lowest BCUT2D eigenvalue weighted by Crippen LogP contribution is -2.38. The smallest absolute Gasteiger partial charge is 0.0408 e. The second-order valence-electron chi connectivity index (χ2n) is 5.37. The summed E-state index contributed by atoms with van der Waals surface area (Å²) in [5.74, 6) is 0.802. The number of benzene rings is 1. The zero-order valence-corrected chi connectivity index (χ0v) is 13.4. The maximum atomic E-state index is 6.00. The van der Waals surface area contributed by atoms with E-state index in [1.807, 2.05) is 13.1 Å². The van der Waals surface area contributed by atoms with Crippen LogP contribution in [0.5, 0.6) is 0 Å². The summed E-state index contributed by atoms with van der Waals surface area (Å²) in [6, 6.07) is 6.23. The predicted octanol–water partition coefficient (Wildman–Crippen LogP) is 3.50. The Kier molecular flexibility index (Phi) is 7.16. The van der Waals surface area contributed by atoms with Crippen molar-refractivity contribution in [2.24, 2.45) is 5.92 Å². The maximum absolute atomic E-state index is 6.00. The number of hydrogen-bond acceptors (Lipinski definition) is 2. The number of nitrogens with zero attached hydrogens (tertiary/aromatic N) is 1. The molecular weight excluding hydrogens is 279 g/mol. The van der Waals surface area contributed by atoms with Gasteiger partial charge < -0.3 is 5.32 Å². The molecule has 108 valence electrons. The summed E-state index contributed by atoms with van der Waals surface area (Å²) in [4.78, 5) is 2.57. The molecule has 2 nitrogen and oxygen atoms in total. The Morgan fingerprint density at radius 2 is 2.21 bits per heavy atom. The molecule has 1 N–H and O–H groups in total. The number of halogens is 2. The van der Waals surface area contributed by atoms with Gasteiger partial charge in [-0.2, -0.15) is 0 Å². The third-order valence-corrected chi connectivity index (χ3v) is 4.03. The van der Waals surface area contributed by atoms with Crippen molar-refractivity contribution in [3.63, 3.8) is 0 Å². The first kappa shape index (κ1) is 16.8. The van der Waals surface area contributed by atoms with Gasteiger partial charge in [-0.05, 0) is 69.1 Å². The van der Waals surface area contributed by atoms with Gasteiger partial charge in [-0.25, -0.2) is 0 Å². The van der Waals surface area contributed by atoms with Crippen molar-refractivity contribution in [3.05, 3.63) is 34.3 Å². The van der Waals surface area contributed by atoms with Crippen molar-refractivity contribution in [1.82, 2.24) is 10.2 Å². The minimum atomic E-state index is 0. The highest BCUT2D eigenvalue weighted by Gasteiger charge is 2.19. The zero-order valence-electron chi connectivity index (χ0n) is 11.8. The quantitative estimate of drug-likeness (QED) is 0.916. The van der Waals surface area contributed by atoms with E-state index in [-0.39, 0.29) is 12.4 Å². The number of aryl methyl sites for hydroxylation is 1. The van der Waals surface area contributed by atoms with Gasteiger partial charge in [-0.15, -0.1) is 12.4 Å². The van der Waals surface area contributed by atoms with E-state index >= 15 is 0 Å². The second kappa shape index (κ2) is 8.11. The molecule has 1 fully saturated rings. The van der Waals surface area contributed by atoms with Crippen molar-refractivity contribution >= 4 is 24.0 Å². The Hall–Kier alpha value is -0.280. The first-order chi connectivity index (χ1) is 8.69. The van der Waals surface area contributed by atoms with Gasteiger partial charge >= 0.3 is 0 Å². The molecule has 1 aromatic carbocycles. The van der Waals surface area contributed by atoms with E-state index < -0.39 is 0 Å². The molecule has 0 radical (unpaired) electrons. The number of hydrogen-bond donors (Lipinski definition) is 1. The molecule has 1 heterocycles. The average molecular weight is 303 g/mol. The van der Waals surface area contributed by atoms with Crippen LogP contribution in [0.3, 0.4) is 0 Å². The van der Waals surface area contributed by atoms with Crippen LogP contribution >= 0.6 is 24.0 Å². The van der Waals surface area contributed by atoms with E-state index in [0.717, 1.165) is 24.0 Å². The van der Waals surface area contributed by atoms with E-state index in [2.05, 4.69) is 29.3 Å². The van der Waals surface area contributed by atoms with Crippen molar-refractivity contribution in [3.8, 4) is 0 Å². The highest BCUT2D eigenvalue weighted by molar-refractivity contribution is 6.30. The molecule has 2 rings (SSSR count). The third kappa shape index (κ3) is 4.96. The lowest BCUT2D eigenvalue weighted by atomic mass is 9.97. The van der Waals surface area contributed by atoms with Gasteiger partial charge in [0.1, 0.15) is 0 Å². The van der Waals surface area contributed by atoms with Crippen molar-refractivity contribution in [2.45, 2.75) is 26.3 Å². The lowest BCUT2D eigenvalue weighted by molar-refractivity contribution is 0.166. The highest BCUT2D eigenvalue weighted by Crippen LogP contribution is 2.21. The molecule has 0 saturated carbocycles. The van der Waals surface area contributed by atoms with Crippen LogP contribution in [0.2, 0.25) is 5.02 Å². The minimum absolute atomic E-state index is 0. The zero-order chi connectivity index (χ0) is 13.0. The summed E-state index contributed by atoms with van der Waals surface area (Å²) in [5.41, 5.74) is 2.71. The Labute approximate surface area is 127 Å². The van der Waals surface area contributed by atoms with E-state index in [4.69, 9.17) is 11.6 Å². The van der Waals surface area contributed by atoms with Gasteiger partial charge in [0.05, 0.1) is 0 Å². The molecule has 4 heteroatoms. The largest absolute Gasteiger partial charge is 0.319 e. The molecule has 1 atom stereocenters. The minimum Gasteiger partial charge on any atom is -0.319 e. The summed E-state index contributed by atoms with van der Waals surface area (Å²) in [7, 11) is 2.04. The van der Waals surface area contributed by atoms with Crippen LogP contribution in [0.4, 0.5) is 0 Å². The van der Waals surface area contributed by atoms with Crippen LogP contribution in [0.15, 0.2) is 18.2 Å². The number of nitrogens with one attached hydrogen (secondary N) is 1. The Morgan fingerprint density at radius 1 is 1.42 bits per heavy atom. The predicted molar refractivity (Wildman–Crippen MR) is 85.4 cm³/mol. The summed E-state index contributed by atoms with van der Waals surface area (Å²) in [6.45, 7) is 6.78. The van der Waals surface area contributed by atoms with Gasteiger partial charge in [0.15, 0.2) is 0 Å². The van der Waals surface area contributed by atoms with Gasteiger partial charge in [-0.3, -0.25) is 4.90 Å². The summed E-state index contributed by atoms with van der Waals surface area (Å²) in [6.07, 6.45) is 2.68. The highest BCUT2D eigenvalue weighted by atomic mass is 35.5. The number of rotatable bonds is 4. The number of piperidine rings is 1. The van der Waals surface area contributed by atoms with Crippen LogP contribution in [0.1, 0.15) is 24.0 Å². The standard InChI is InChI=1S/C15H23ClN2.ClH/c1-12-8-15(16)6-5-14(12)11-18-7-3-4-13(10-18)9-17-2;/h5-6,8,13,17H,3-4,7,9-11H2,1-2H3;1H. The Bertz CT molecular complexity index is 394. The van der Waals surface area contributed by atoms with Crippen LogP contribution in [-0.4, -0.2) is 31.6 Å². The SMILES string of the molecule is CNCC1CCCN(Cc2ccc(Cl)cc2C)C1.Cl. The lowest BCUT2D eigenvalue weighted by Gasteiger charge is -2.33. The number of likely N-dealkylation sites (tertiary alicyclic amines) is 1. The molecule has 0 aliphatic carbocycles. The topological polar surface area (TPSA) is 15.3 Å². The monoisotopic (exact) mass is 302 g/mol. The molecule has 1 aliphatic heterocycles. The normalized spacial score (nSPS) is 20.1. The fourth-order valence-electron chi connectivity index (χ4n) is 2.83. The van der Waals surface area contributed by atoms with Crippen molar-refractivity contribution in [2.75, 3.05) is 26.7 Å². The Morgan fingerprint density at radius 3 is 2.89 bits per heavy atom. The summed E-state index contributed by atoms with van der Waals surface area (Å²) in [5, 5.41) is 4.13. The first-order valence-corrected chi connectivity index (χ1v) is 7.19. The molecule has 1 aliphatic rings. The summed E-state index contributed by atoms with van der Waals surface area (Å²) < 4.78 is 0. The molecule has 1 saturated heterocycles. The van der Waals surface area contributed by atoms with Crippen LogP contribution in [-0.2, 0) is 6.54 Å². The van der Waals surface area contributed by atoms with E-state index in [9.17, 15) is 0 Å². The summed E-state index contributed by atoms with van der Waals surface area (Å²) >= 11 is 6.00. The van der Waals surface area contributed by atoms with E-state index in [0.29, 0.717) is 0 Å². The van der Waals surface area contributed by atoms with Crippen LogP contribution in [0, 0.1) is 12.8 Å². The average Bonchev–Trinajstić information content (AvgIpc) is 2.34. The Balaban J connectivity index is 0.00000180. The fraction of sp³-hybridized carbons (Fsp3) is 0.600. The third-order valence-electron chi connectivity index (χ3n) is 3.79. The van der Waals surface area contributed by atoms with E-state index in [1.165, 1.54) is 37.1 Å². The molecule has 0 aromatic heterocycles. The molecule has 1 aromatic rings. The van der Waals surface area contributed by atoms with Crippen LogP contribution < -0.4 is 5.32 Å². The first-order valence-electron chi connectivity index (χ1n) is 6.81.